The zero-order valence-electron chi connectivity index (χ0n) is 11.2. The minimum Gasteiger partial charge on any atom is -0.388 e. The molecule has 2 nitrogen and oxygen atoms in total. The first-order valence-corrected chi connectivity index (χ1v) is 6.44. The molecule has 3 heteroatoms. The summed E-state index contributed by atoms with van der Waals surface area (Å²) in [6.45, 7) is 4.27. The normalized spacial score (nSPS) is 12.7. The average Bonchev–Trinajstić information content (AvgIpc) is 2.39. The van der Waals surface area contributed by atoms with Crippen molar-refractivity contribution in [2.24, 2.45) is 0 Å². The molecule has 0 aliphatic heterocycles. The summed E-state index contributed by atoms with van der Waals surface area (Å²) in [7, 11) is 0. The number of aliphatic hydroxyl groups is 1. The van der Waals surface area contributed by atoms with Crippen molar-refractivity contribution < 1.29 is 9.50 Å². The molecule has 0 saturated heterocycles. The van der Waals surface area contributed by atoms with E-state index in [2.05, 4.69) is 31.0 Å². The van der Waals surface area contributed by atoms with E-state index < -0.39 is 11.9 Å². The van der Waals surface area contributed by atoms with Crippen LogP contribution in [-0.2, 0) is 6.42 Å². The Morgan fingerprint density at radius 1 is 1.16 bits per heavy atom. The number of hydrogen-bond acceptors (Lipinski definition) is 2. The van der Waals surface area contributed by atoms with Gasteiger partial charge >= 0.3 is 0 Å². The van der Waals surface area contributed by atoms with Gasteiger partial charge in [0.15, 0.2) is 0 Å². The number of pyridine rings is 1. The fraction of sp³-hybridized carbons (Fsp3) is 0.312. The summed E-state index contributed by atoms with van der Waals surface area (Å²) in [5.74, 6) is 0.0189. The molecule has 0 aliphatic rings. The van der Waals surface area contributed by atoms with Crippen LogP contribution in [0.25, 0.3) is 0 Å². The molecule has 0 spiro atoms. The van der Waals surface area contributed by atoms with Crippen LogP contribution < -0.4 is 0 Å². The second kappa shape index (κ2) is 5.93. The van der Waals surface area contributed by atoms with E-state index in [0.717, 1.165) is 11.8 Å². The summed E-state index contributed by atoms with van der Waals surface area (Å²) >= 11 is 0. The zero-order chi connectivity index (χ0) is 13.8. The van der Waals surface area contributed by atoms with Gasteiger partial charge in [0, 0.05) is 18.2 Å². The molecule has 0 saturated carbocycles. The molecule has 2 aromatic rings. The van der Waals surface area contributed by atoms with Gasteiger partial charge in [-0.1, -0.05) is 38.1 Å². The number of benzene rings is 1. The molecule has 0 radical (unpaired) electrons. The third kappa shape index (κ3) is 3.38. The van der Waals surface area contributed by atoms with E-state index in [1.165, 1.54) is 17.8 Å². The van der Waals surface area contributed by atoms with Crippen LogP contribution in [0.4, 0.5) is 4.39 Å². The van der Waals surface area contributed by atoms with Gasteiger partial charge in [-0.25, -0.2) is 4.39 Å². The van der Waals surface area contributed by atoms with Crippen LogP contribution in [0, 0.1) is 5.82 Å². The van der Waals surface area contributed by atoms with Crippen LogP contribution in [0.1, 0.15) is 42.6 Å². The Kier molecular flexibility index (Phi) is 4.27. The molecule has 2 rings (SSSR count). The lowest BCUT2D eigenvalue weighted by Gasteiger charge is -2.12. The Balaban J connectivity index is 2.11. The highest BCUT2D eigenvalue weighted by atomic mass is 19.1. The van der Waals surface area contributed by atoms with E-state index in [-0.39, 0.29) is 0 Å². The highest BCUT2D eigenvalue weighted by Crippen LogP contribution is 2.22. The quantitative estimate of drug-likeness (QED) is 0.909. The highest BCUT2D eigenvalue weighted by Gasteiger charge is 2.13. The Labute approximate surface area is 112 Å². The Morgan fingerprint density at radius 3 is 2.42 bits per heavy atom. The second-order valence-electron chi connectivity index (χ2n) is 5.01. The maximum atomic E-state index is 13.5. The molecule has 1 aromatic heterocycles. The third-order valence-corrected chi connectivity index (χ3v) is 3.24. The maximum Gasteiger partial charge on any atom is 0.147 e. The first-order valence-electron chi connectivity index (χ1n) is 6.44. The first-order chi connectivity index (χ1) is 9.08. The van der Waals surface area contributed by atoms with Gasteiger partial charge in [-0.2, -0.15) is 0 Å². The van der Waals surface area contributed by atoms with Crippen molar-refractivity contribution in [2.45, 2.75) is 32.3 Å². The van der Waals surface area contributed by atoms with Gasteiger partial charge in [0.05, 0.1) is 12.3 Å². The molecule has 1 N–H and O–H groups in total. The molecular formula is C16H18FNO. The van der Waals surface area contributed by atoms with Crippen LogP contribution in [0.3, 0.4) is 0 Å². The number of rotatable bonds is 4. The Morgan fingerprint density at radius 2 is 1.84 bits per heavy atom. The van der Waals surface area contributed by atoms with E-state index in [1.54, 1.807) is 0 Å². The molecule has 0 amide bonds. The number of nitrogens with zero attached hydrogens (tertiary/aromatic N) is 1. The molecule has 100 valence electrons. The molecular weight excluding hydrogens is 241 g/mol. The topological polar surface area (TPSA) is 33.1 Å². The SMILES string of the molecule is CC(C)c1ccc(CC(O)c2ccncc2F)cc1. The van der Waals surface area contributed by atoms with Gasteiger partial charge in [0.1, 0.15) is 5.82 Å². The summed E-state index contributed by atoms with van der Waals surface area (Å²) in [6, 6.07) is 9.59. The molecule has 1 aromatic carbocycles. The van der Waals surface area contributed by atoms with Gasteiger partial charge in [-0.3, -0.25) is 4.98 Å². The fourth-order valence-corrected chi connectivity index (χ4v) is 2.03. The van der Waals surface area contributed by atoms with Crippen molar-refractivity contribution in [2.75, 3.05) is 0 Å². The number of aromatic nitrogens is 1. The zero-order valence-corrected chi connectivity index (χ0v) is 11.2. The standard InChI is InChI=1S/C16H18FNO/c1-11(2)13-5-3-12(4-6-13)9-16(19)14-7-8-18-10-15(14)17/h3-8,10-11,16,19H,9H2,1-2H3. The van der Waals surface area contributed by atoms with Crippen LogP contribution in [0.5, 0.6) is 0 Å². The molecule has 0 bridgehead atoms. The predicted octanol–water partition coefficient (Wildman–Crippen LogP) is 3.62. The van der Waals surface area contributed by atoms with Gasteiger partial charge in [-0.15, -0.1) is 0 Å². The lowest BCUT2D eigenvalue weighted by atomic mass is 9.98. The lowest BCUT2D eigenvalue weighted by Crippen LogP contribution is -2.04. The predicted molar refractivity (Wildman–Crippen MR) is 73.4 cm³/mol. The largest absolute Gasteiger partial charge is 0.388 e. The van der Waals surface area contributed by atoms with Gasteiger partial charge in [-0.05, 0) is 23.1 Å². The van der Waals surface area contributed by atoms with E-state index in [0.29, 0.717) is 17.9 Å². The highest BCUT2D eigenvalue weighted by molar-refractivity contribution is 5.27. The average molecular weight is 259 g/mol. The molecule has 19 heavy (non-hydrogen) atoms. The summed E-state index contributed by atoms with van der Waals surface area (Å²) < 4.78 is 13.5. The molecule has 0 fully saturated rings. The molecule has 1 heterocycles. The van der Waals surface area contributed by atoms with E-state index >= 15 is 0 Å². The minimum absolute atomic E-state index is 0.294. The van der Waals surface area contributed by atoms with Gasteiger partial charge in [0.25, 0.3) is 0 Å². The Hall–Kier alpha value is -1.74. The Bertz CT molecular complexity index is 537. The number of aliphatic hydroxyl groups excluding tert-OH is 1. The van der Waals surface area contributed by atoms with E-state index in [9.17, 15) is 9.50 Å². The molecule has 1 atom stereocenters. The van der Waals surface area contributed by atoms with Crippen LogP contribution in [0.2, 0.25) is 0 Å². The van der Waals surface area contributed by atoms with Gasteiger partial charge < -0.3 is 5.11 Å². The van der Waals surface area contributed by atoms with Crippen LogP contribution >= 0.6 is 0 Å². The lowest BCUT2D eigenvalue weighted by molar-refractivity contribution is 0.173. The first kappa shape index (κ1) is 13.7. The number of hydrogen-bond donors (Lipinski definition) is 1. The number of halogens is 1. The van der Waals surface area contributed by atoms with Crippen molar-refractivity contribution in [3.8, 4) is 0 Å². The van der Waals surface area contributed by atoms with E-state index in [1.807, 2.05) is 12.1 Å². The third-order valence-electron chi connectivity index (χ3n) is 3.24. The minimum atomic E-state index is -0.840. The fourth-order valence-electron chi connectivity index (χ4n) is 2.03. The van der Waals surface area contributed by atoms with Crippen LogP contribution in [-0.4, -0.2) is 10.1 Å². The molecule has 0 aliphatic carbocycles. The molecule has 1 unspecified atom stereocenters. The van der Waals surface area contributed by atoms with Crippen molar-refractivity contribution >= 4 is 0 Å². The maximum absolute atomic E-state index is 13.5. The summed E-state index contributed by atoms with van der Waals surface area (Å²) in [4.78, 5) is 3.68. The van der Waals surface area contributed by atoms with Crippen LogP contribution in [0.15, 0.2) is 42.7 Å². The second-order valence-corrected chi connectivity index (χ2v) is 5.01. The van der Waals surface area contributed by atoms with Crippen molar-refractivity contribution in [3.05, 3.63) is 65.2 Å². The van der Waals surface area contributed by atoms with Crippen molar-refractivity contribution in [1.29, 1.82) is 0 Å². The van der Waals surface area contributed by atoms with Gasteiger partial charge in [0.2, 0.25) is 0 Å². The van der Waals surface area contributed by atoms with E-state index in [4.69, 9.17) is 0 Å². The summed E-state index contributed by atoms with van der Waals surface area (Å²) in [5, 5.41) is 10.1. The smallest absolute Gasteiger partial charge is 0.147 e. The van der Waals surface area contributed by atoms with Crippen molar-refractivity contribution in [1.82, 2.24) is 4.98 Å². The van der Waals surface area contributed by atoms with Crippen molar-refractivity contribution in [3.63, 3.8) is 0 Å². The monoisotopic (exact) mass is 259 g/mol. The summed E-state index contributed by atoms with van der Waals surface area (Å²) in [6.07, 6.45) is 2.18. The summed E-state index contributed by atoms with van der Waals surface area (Å²) in [5.41, 5.74) is 2.55.